The molecule has 0 aromatic rings. The Morgan fingerprint density at radius 3 is 2.25 bits per heavy atom. The van der Waals surface area contributed by atoms with Gasteiger partial charge in [-0.05, 0) is 18.3 Å². The standard InChI is InChI=1S/C11H17N/c1-11(9-6-10-12)7-4-2-3-5-8-11/h6,9H,2-5,7-8H2,1H3/b9-6+. The Morgan fingerprint density at radius 1 is 1.17 bits per heavy atom. The average Bonchev–Trinajstić information content (AvgIpc) is 2.27. The second kappa shape index (κ2) is 4.30. The van der Waals surface area contributed by atoms with Crippen molar-refractivity contribution in [3.63, 3.8) is 0 Å². The third kappa shape index (κ3) is 2.70. The first kappa shape index (κ1) is 9.32. The third-order valence-electron chi connectivity index (χ3n) is 2.81. The lowest BCUT2D eigenvalue weighted by Gasteiger charge is -2.22. The molecule has 0 aromatic carbocycles. The van der Waals surface area contributed by atoms with Crippen LogP contribution in [0.25, 0.3) is 0 Å². The summed E-state index contributed by atoms with van der Waals surface area (Å²) in [4.78, 5) is 0. The van der Waals surface area contributed by atoms with Crippen molar-refractivity contribution in [1.82, 2.24) is 0 Å². The second-order valence-electron chi connectivity index (χ2n) is 4.03. The van der Waals surface area contributed by atoms with Crippen molar-refractivity contribution in [2.75, 3.05) is 0 Å². The molecular weight excluding hydrogens is 146 g/mol. The van der Waals surface area contributed by atoms with Gasteiger partial charge < -0.3 is 0 Å². The minimum atomic E-state index is 0.312. The van der Waals surface area contributed by atoms with Crippen LogP contribution in [-0.4, -0.2) is 0 Å². The van der Waals surface area contributed by atoms with Crippen molar-refractivity contribution in [3.05, 3.63) is 12.2 Å². The van der Waals surface area contributed by atoms with E-state index in [-0.39, 0.29) is 0 Å². The van der Waals surface area contributed by atoms with Gasteiger partial charge in [-0.2, -0.15) is 5.26 Å². The number of nitriles is 1. The molecule has 0 bridgehead atoms. The highest BCUT2D eigenvalue weighted by Gasteiger charge is 2.21. The molecule has 1 aliphatic carbocycles. The summed E-state index contributed by atoms with van der Waals surface area (Å²) in [6.45, 7) is 2.27. The molecule has 1 heteroatoms. The minimum Gasteiger partial charge on any atom is -0.193 e. The molecule has 1 saturated carbocycles. The van der Waals surface area contributed by atoms with Crippen LogP contribution in [-0.2, 0) is 0 Å². The van der Waals surface area contributed by atoms with Crippen LogP contribution in [0, 0.1) is 16.7 Å². The zero-order valence-electron chi connectivity index (χ0n) is 7.84. The molecule has 1 fully saturated rings. The smallest absolute Gasteiger partial charge is 0.0908 e. The lowest BCUT2D eigenvalue weighted by Crippen LogP contribution is -2.10. The van der Waals surface area contributed by atoms with Crippen molar-refractivity contribution >= 4 is 0 Å². The highest BCUT2D eigenvalue weighted by atomic mass is 14.3. The number of hydrogen-bond donors (Lipinski definition) is 0. The first-order chi connectivity index (χ1) is 5.77. The van der Waals surface area contributed by atoms with E-state index in [1.54, 1.807) is 6.08 Å². The van der Waals surface area contributed by atoms with Crippen LogP contribution >= 0.6 is 0 Å². The van der Waals surface area contributed by atoms with Crippen LogP contribution in [0.4, 0.5) is 0 Å². The van der Waals surface area contributed by atoms with Gasteiger partial charge in [0.25, 0.3) is 0 Å². The zero-order valence-corrected chi connectivity index (χ0v) is 7.84. The van der Waals surface area contributed by atoms with E-state index in [0.29, 0.717) is 5.41 Å². The van der Waals surface area contributed by atoms with Gasteiger partial charge in [-0.15, -0.1) is 0 Å². The third-order valence-corrected chi connectivity index (χ3v) is 2.81. The molecule has 0 heterocycles. The first-order valence-corrected chi connectivity index (χ1v) is 4.84. The van der Waals surface area contributed by atoms with E-state index >= 15 is 0 Å². The maximum absolute atomic E-state index is 8.44. The number of hydrogen-bond acceptors (Lipinski definition) is 1. The van der Waals surface area contributed by atoms with Crippen molar-refractivity contribution in [3.8, 4) is 6.07 Å². The molecule has 0 saturated heterocycles. The molecule has 0 atom stereocenters. The lowest BCUT2D eigenvalue weighted by atomic mass is 9.82. The van der Waals surface area contributed by atoms with Crippen LogP contribution in [0.3, 0.4) is 0 Å². The monoisotopic (exact) mass is 163 g/mol. The zero-order chi connectivity index (χ0) is 8.86. The highest BCUT2D eigenvalue weighted by molar-refractivity contribution is 5.08. The van der Waals surface area contributed by atoms with Gasteiger partial charge in [-0.25, -0.2) is 0 Å². The molecule has 1 aliphatic rings. The Bertz CT molecular complexity index is 190. The Kier molecular flexibility index (Phi) is 3.34. The van der Waals surface area contributed by atoms with Gasteiger partial charge in [0.05, 0.1) is 6.07 Å². The molecule has 0 aliphatic heterocycles. The summed E-state index contributed by atoms with van der Waals surface area (Å²) in [6.07, 6.45) is 11.6. The maximum Gasteiger partial charge on any atom is 0.0908 e. The van der Waals surface area contributed by atoms with Crippen LogP contribution in [0.5, 0.6) is 0 Å². The topological polar surface area (TPSA) is 23.8 Å². The highest BCUT2D eigenvalue weighted by Crippen LogP contribution is 2.35. The van der Waals surface area contributed by atoms with E-state index < -0.39 is 0 Å². The summed E-state index contributed by atoms with van der Waals surface area (Å²) in [5, 5.41) is 8.44. The molecule has 1 nitrogen and oxygen atoms in total. The van der Waals surface area contributed by atoms with Crippen molar-refractivity contribution < 1.29 is 0 Å². The predicted octanol–water partition coefficient (Wildman–Crippen LogP) is 3.43. The Hall–Kier alpha value is -0.770. The van der Waals surface area contributed by atoms with E-state index in [0.717, 1.165) is 0 Å². The maximum atomic E-state index is 8.44. The molecule has 0 spiro atoms. The Balaban J connectivity index is 2.55. The molecule has 0 unspecified atom stereocenters. The number of nitrogens with zero attached hydrogens (tertiary/aromatic N) is 1. The summed E-state index contributed by atoms with van der Waals surface area (Å²) in [6, 6.07) is 2.08. The molecule has 1 rings (SSSR count). The molecule has 0 radical (unpaired) electrons. The lowest BCUT2D eigenvalue weighted by molar-refractivity contribution is 0.368. The summed E-state index contributed by atoms with van der Waals surface area (Å²) in [7, 11) is 0. The quantitative estimate of drug-likeness (QED) is 0.429. The molecular formula is C11H17N. The summed E-state index contributed by atoms with van der Waals surface area (Å²) >= 11 is 0. The van der Waals surface area contributed by atoms with Crippen LogP contribution in [0.1, 0.15) is 45.4 Å². The van der Waals surface area contributed by atoms with Crippen LogP contribution in [0.2, 0.25) is 0 Å². The molecule has 0 N–H and O–H groups in total. The second-order valence-corrected chi connectivity index (χ2v) is 4.03. The average molecular weight is 163 g/mol. The largest absolute Gasteiger partial charge is 0.193 e. The molecule has 66 valence electrons. The van der Waals surface area contributed by atoms with Gasteiger partial charge in [0.15, 0.2) is 0 Å². The fourth-order valence-electron chi connectivity index (χ4n) is 1.94. The van der Waals surface area contributed by atoms with E-state index in [2.05, 4.69) is 19.1 Å². The molecule has 0 amide bonds. The summed E-state index contributed by atoms with van der Waals surface area (Å²) in [5.41, 5.74) is 0.312. The minimum absolute atomic E-state index is 0.312. The van der Waals surface area contributed by atoms with Crippen LogP contribution < -0.4 is 0 Å². The SMILES string of the molecule is CC1(/C=C/C#N)CCCCCC1. The van der Waals surface area contributed by atoms with Gasteiger partial charge in [0, 0.05) is 6.08 Å². The van der Waals surface area contributed by atoms with Crippen molar-refractivity contribution in [2.45, 2.75) is 45.4 Å². The first-order valence-electron chi connectivity index (χ1n) is 4.84. The number of allylic oxidation sites excluding steroid dienone is 2. The van der Waals surface area contributed by atoms with Crippen molar-refractivity contribution in [1.29, 1.82) is 5.26 Å². The van der Waals surface area contributed by atoms with Crippen molar-refractivity contribution in [2.24, 2.45) is 5.41 Å². The summed E-state index contributed by atoms with van der Waals surface area (Å²) < 4.78 is 0. The van der Waals surface area contributed by atoms with Gasteiger partial charge >= 0.3 is 0 Å². The van der Waals surface area contributed by atoms with Gasteiger partial charge in [-0.1, -0.05) is 38.7 Å². The Morgan fingerprint density at radius 2 is 1.75 bits per heavy atom. The molecule has 12 heavy (non-hydrogen) atoms. The van der Waals surface area contributed by atoms with E-state index in [1.807, 2.05) is 0 Å². The van der Waals surface area contributed by atoms with Gasteiger partial charge in [0.1, 0.15) is 0 Å². The fraction of sp³-hybridized carbons (Fsp3) is 0.727. The van der Waals surface area contributed by atoms with Gasteiger partial charge in [0.2, 0.25) is 0 Å². The summed E-state index contributed by atoms with van der Waals surface area (Å²) in [5.74, 6) is 0. The van der Waals surface area contributed by atoms with Crippen LogP contribution in [0.15, 0.2) is 12.2 Å². The van der Waals surface area contributed by atoms with Gasteiger partial charge in [-0.3, -0.25) is 0 Å². The van der Waals surface area contributed by atoms with E-state index in [9.17, 15) is 0 Å². The Labute approximate surface area is 75.1 Å². The molecule has 0 aromatic heterocycles. The number of rotatable bonds is 1. The normalized spacial score (nSPS) is 23.3. The fourth-order valence-corrected chi connectivity index (χ4v) is 1.94. The predicted molar refractivity (Wildman–Crippen MR) is 50.6 cm³/mol. The van der Waals surface area contributed by atoms with E-state index in [1.165, 1.54) is 38.5 Å². The van der Waals surface area contributed by atoms with E-state index in [4.69, 9.17) is 5.26 Å².